The quantitative estimate of drug-likeness (QED) is 0.0586. The van der Waals surface area contributed by atoms with Gasteiger partial charge < -0.3 is 54.7 Å². The lowest BCUT2D eigenvalue weighted by molar-refractivity contribution is -0.182. The van der Waals surface area contributed by atoms with Crippen molar-refractivity contribution >= 4 is 29.8 Å². The fourth-order valence-electron chi connectivity index (χ4n) is 2.46. The van der Waals surface area contributed by atoms with Gasteiger partial charge in [0.2, 0.25) is 0 Å². The minimum atomic E-state index is -2.04. The van der Waals surface area contributed by atoms with Gasteiger partial charge in [0.15, 0.2) is 0 Å². The number of aliphatic hydroxyl groups excluding tert-OH is 6. The van der Waals surface area contributed by atoms with Crippen molar-refractivity contribution in [2.45, 2.75) is 34.6 Å². The molecule has 0 bridgehead atoms. The molecule has 0 amide bonds. The van der Waals surface area contributed by atoms with Gasteiger partial charge in [0.25, 0.3) is 0 Å². The summed E-state index contributed by atoms with van der Waals surface area (Å²) in [5.41, 5.74) is -9.28. The van der Waals surface area contributed by atoms with E-state index in [0.717, 1.165) is 13.8 Å². The summed E-state index contributed by atoms with van der Waals surface area (Å²) in [6, 6.07) is 0. The number of carbonyl (C=O) groups excluding carboxylic acids is 4. The van der Waals surface area contributed by atoms with Crippen LogP contribution in [0.1, 0.15) is 34.6 Å². The maximum Gasteiger partial charge on any atom is 0.318 e. The molecule has 0 saturated heterocycles. The summed E-state index contributed by atoms with van der Waals surface area (Å²) < 4.78 is 20.3. The zero-order chi connectivity index (χ0) is 32.3. The molecule has 238 valence electrons. The molecular weight excluding hydrogens is 556 g/mol. The number of hydrogen-bond donors (Lipinski definition) is 7. The van der Waals surface area contributed by atoms with Crippen LogP contribution in [-0.4, -0.2) is 132 Å². The third-order valence-corrected chi connectivity index (χ3v) is 6.67. The first-order chi connectivity index (χ1) is 18.8. The summed E-state index contributed by atoms with van der Waals surface area (Å²) in [6.07, 6.45) is 0. The van der Waals surface area contributed by atoms with E-state index in [-0.39, 0.29) is 0 Å². The van der Waals surface area contributed by atoms with Gasteiger partial charge in [0.05, 0.1) is 39.6 Å². The zero-order valence-electron chi connectivity index (χ0n) is 23.9. The SMILES string of the molecule is CC(COC(=O)C(C)(CO)CO)(COC(=O)C(C)(COC(=O)C(C)(CO)CO)COC(=O)C(C)(CO)CO)C(=O)O. The number of aliphatic hydroxyl groups is 6. The van der Waals surface area contributed by atoms with Crippen LogP contribution < -0.4 is 0 Å². The molecule has 0 aliphatic rings. The topological polar surface area (TPSA) is 264 Å². The first-order valence-corrected chi connectivity index (χ1v) is 12.4. The molecule has 0 saturated carbocycles. The molecule has 41 heavy (non-hydrogen) atoms. The Morgan fingerprint density at radius 2 is 0.610 bits per heavy atom. The standard InChI is InChI=1S/C25H42O16/c1-21(6-26,7-27)17(34)38-12-24(4,16(32)33)13-39-20(37)25(5,14-40-18(35)22(2,8-28)9-29)15-41-19(36)23(3,10-30)11-31/h26-31H,6-15H2,1-5H3,(H,32,33). The van der Waals surface area contributed by atoms with Gasteiger partial charge in [-0.2, -0.15) is 0 Å². The van der Waals surface area contributed by atoms with Crippen LogP contribution in [0.4, 0.5) is 0 Å². The van der Waals surface area contributed by atoms with Crippen molar-refractivity contribution in [3.63, 3.8) is 0 Å². The Labute approximate surface area is 236 Å². The summed E-state index contributed by atoms with van der Waals surface area (Å²) in [7, 11) is 0. The molecule has 0 spiro atoms. The van der Waals surface area contributed by atoms with E-state index in [0.29, 0.717) is 0 Å². The third kappa shape index (κ3) is 9.58. The molecule has 0 aliphatic carbocycles. The Hall–Kier alpha value is -2.89. The van der Waals surface area contributed by atoms with Gasteiger partial charge in [-0.1, -0.05) is 0 Å². The Kier molecular flexibility index (Phi) is 14.3. The van der Waals surface area contributed by atoms with Crippen LogP contribution in [0.25, 0.3) is 0 Å². The van der Waals surface area contributed by atoms with Crippen molar-refractivity contribution in [3.8, 4) is 0 Å². The molecule has 16 heteroatoms. The number of rotatable bonds is 19. The molecule has 16 nitrogen and oxygen atoms in total. The first kappa shape index (κ1) is 38.1. The molecule has 0 aliphatic heterocycles. The summed E-state index contributed by atoms with van der Waals surface area (Å²) in [5.74, 6) is -6.16. The van der Waals surface area contributed by atoms with Gasteiger partial charge in [-0.15, -0.1) is 0 Å². The van der Waals surface area contributed by atoms with E-state index in [1.54, 1.807) is 0 Å². The van der Waals surface area contributed by atoms with Crippen LogP contribution >= 0.6 is 0 Å². The maximum absolute atomic E-state index is 13.2. The minimum Gasteiger partial charge on any atom is -0.481 e. The normalized spacial score (nSPS) is 14.0. The second kappa shape index (κ2) is 15.4. The second-order valence-corrected chi connectivity index (χ2v) is 11.4. The van der Waals surface area contributed by atoms with Gasteiger partial charge in [0.1, 0.15) is 53.5 Å². The molecule has 0 heterocycles. The molecule has 0 fully saturated rings. The number of ether oxygens (including phenoxy) is 4. The van der Waals surface area contributed by atoms with Crippen LogP contribution in [0.5, 0.6) is 0 Å². The Morgan fingerprint density at radius 3 is 0.805 bits per heavy atom. The molecule has 0 radical (unpaired) electrons. The van der Waals surface area contributed by atoms with E-state index in [1.165, 1.54) is 20.8 Å². The van der Waals surface area contributed by atoms with Crippen molar-refractivity contribution < 1.29 is 78.7 Å². The van der Waals surface area contributed by atoms with Gasteiger partial charge >= 0.3 is 29.8 Å². The first-order valence-electron chi connectivity index (χ1n) is 12.4. The van der Waals surface area contributed by atoms with E-state index >= 15 is 0 Å². The Balaban J connectivity index is 5.93. The molecule has 1 unspecified atom stereocenters. The number of carbonyl (C=O) groups is 5. The average Bonchev–Trinajstić information content (AvgIpc) is 2.98. The smallest absolute Gasteiger partial charge is 0.318 e. The second-order valence-electron chi connectivity index (χ2n) is 11.4. The van der Waals surface area contributed by atoms with E-state index < -0.39 is 123 Å². The predicted molar refractivity (Wildman–Crippen MR) is 135 cm³/mol. The summed E-state index contributed by atoms with van der Waals surface area (Å²) in [4.78, 5) is 62.2. The third-order valence-electron chi connectivity index (χ3n) is 6.67. The predicted octanol–water partition coefficient (Wildman–Crippen LogP) is -2.77. The summed E-state index contributed by atoms with van der Waals surface area (Å²) >= 11 is 0. The number of hydrogen-bond acceptors (Lipinski definition) is 15. The number of esters is 4. The van der Waals surface area contributed by atoms with Gasteiger partial charge in [-0.3, -0.25) is 24.0 Å². The monoisotopic (exact) mass is 598 g/mol. The van der Waals surface area contributed by atoms with Crippen molar-refractivity contribution in [3.05, 3.63) is 0 Å². The van der Waals surface area contributed by atoms with Crippen LogP contribution in [0.15, 0.2) is 0 Å². The highest BCUT2D eigenvalue weighted by atomic mass is 16.6. The number of carboxylic acid groups (broad SMARTS) is 1. The number of aliphatic carboxylic acids is 1. The van der Waals surface area contributed by atoms with Gasteiger partial charge in [-0.05, 0) is 34.6 Å². The van der Waals surface area contributed by atoms with Crippen LogP contribution in [-0.2, 0) is 42.9 Å². The molecular formula is C25H42O16. The van der Waals surface area contributed by atoms with E-state index in [1.807, 2.05) is 0 Å². The Bertz CT molecular complexity index is 885. The molecule has 0 aromatic heterocycles. The fourth-order valence-corrected chi connectivity index (χ4v) is 2.46. The van der Waals surface area contributed by atoms with Crippen molar-refractivity contribution in [2.24, 2.45) is 27.1 Å². The molecule has 0 aromatic rings. The van der Waals surface area contributed by atoms with E-state index in [4.69, 9.17) is 18.9 Å². The zero-order valence-corrected chi connectivity index (χ0v) is 23.9. The maximum atomic E-state index is 13.2. The Morgan fingerprint density at radius 1 is 0.415 bits per heavy atom. The summed E-state index contributed by atoms with van der Waals surface area (Å²) in [5, 5.41) is 66.1. The highest BCUT2D eigenvalue weighted by molar-refractivity contribution is 5.82. The molecule has 7 N–H and O–H groups in total. The molecule has 0 aromatic carbocycles. The van der Waals surface area contributed by atoms with Gasteiger partial charge in [-0.25, -0.2) is 0 Å². The molecule has 0 rings (SSSR count). The van der Waals surface area contributed by atoms with Crippen LogP contribution in [0, 0.1) is 27.1 Å². The van der Waals surface area contributed by atoms with Crippen molar-refractivity contribution in [1.82, 2.24) is 0 Å². The fraction of sp³-hybridized carbons (Fsp3) is 0.800. The van der Waals surface area contributed by atoms with E-state index in [2.05, 4.69) is 0 Å². The lowest BCUT2D eigenvalue weighted by Gasteiger charge is -2.32. The van der Waals surface area contributed by atoms with Crippen molar-refractivity contribution in [1.29, 1.82) is 0 Å². The molecule has 1 atom stereocenters. The highest BCUT2D eigenvalue weighted by Crippen LogP contribution is 2.28. The number of carboxylic acids is 1. The highest BCUT2D eigenvalue weighted by Gasteiger charge is 2.46. The average molecular weight is 599 g/mol. The minimum absolute atomic E-state index is 0.798. The largest absolute Gasteiger partial charge is 0.481 e. The van der Waals surface area contributed by atoms with Crippen molar-refractivity contribution in [2.75, 3.05) is 66.1 Å². The summed E-state index contributed by atoms with van der Waals surface area (Å²) in [6.45, 7) is -2.55. The van der Waals surface area contributed by atoms with Crippen LogP contribution in [0.3, 0.4) is 0 Å². The lowest BCUT2D eigenvalue weighted by atomic mass is 9.89. The van der Waals surface area contributed by atoms with E-state index in [9.17, 15) is 59.7 Å². The lowest BCUT2D eigenvalue weighted by Crippen LogP contribution is -2.47. The van der Waals surface area contributed by atoms with Gasteiger partial charge in [0, 0.05) is 0 Å². The van der Waals surface area contributed by atoms with Crippen LogP contribution in [0.2, 0.25) is 0 Å².